The van der Waals surface area contributed by atoms with Crippen molar-refractivity contribution in [3.05, 3.63) is 39.3 Å². The Bertz CT molecular complexity index is 1160. The molecule has 2 fully saturated rings. The van der Waals surface area contributed by atoms with Gasteiger partial charge in [-0.05, 0) is 31.9 Å². The van der Waals surface area contributed by atoms with Crippen molar-refractivity contribution in [2.45, 2.75) is 32.4 Å². The van der Waals surface area contributed by atoms with E-state index >= 15 is 0 Å². The maximum Gasteiger partial charge on any atom is 0.328 e. The molecule has 32 heavy (non-hydrogen) atoms. The Balaban J connectivity index is 1.71. The molecule has 0 saturated carbocycles. The number of phenols is 1. The molecule has 0 bridgehead atoms. The number of carbonyl (C=O) groups excluding carboxylic acids is 3. The standard InChI is InChI=1S/C21H21N5O5S/c1-9-7-26-13(8-31-9)21(18(28)24-20(30)25-19(21)29)6-11-5-12(16(27)10(2)15(11)26)14(22)17-23-3-4-32-17/h3-5,9,13,22,27H,6-8H2,1-2H3,(H2,24,25,28,29,30)/t9-,13-/m1/s1. The molecule has 166 valence electrons. The molecular formula is C21H21N5O5S. The van der Waals surface area contributed by atoms with Gasteiger partial charge in [0.2, 0.25) is 11.8 Å². The fourth-order valence-corrected chi connectivity index (χ4v) is 5.56. The highest BCUT2D eigenvalue weighted by molar-refractivity contribution is 7.11. The van der Waals surface area contributed by atoms with E-state index in [1.807, 2.05) is 11.8 Å². The summed E-state index contributed by atoms with van der Waals surface area (Å²) in [6.45, 7) is 4.17. The number of barbiturate groups is 1. The summed E-state index contributed by atoms with van der Waals surface area (Å²) in [6.07, 6.45) is 1.42. The van der Waals surface area contributed by atoms with E-state index in [1.165, 1.54) is 11.3 Å². The number of hydrogen-bond acceptors (Lipinski definition) is 9. The Morgan fingerprint density at radius 2 is 2.06 bits per heavy atom. The van der Waals surface area contributed by atoms with Crippen LogP contribution in [0.1, 0.15) is 28.6 Å². The third-order valence-electron chi connectivity index (χ3n) is 6.46. The molecule has 4 N–H and O–H groups in total. The zero-order chi connectivity index (χ0) is 22.8. The first-order valence-electron chi connectivity index (χ1n) is 10.1. The summed E-state index contributed by atoms with van der Waals surface area (Å²) < 4.78 is 5.80. The van der Waals surface area contributed by atoms with Gasteiger partial charge in [-0.25, -0.2) is 9.78 Å². The minimum Gasteiger partial charge on any atom is -0.507 e. The number of ether oxygens (including phenoxy) is 1. The van der Waals surface area contributed by atoms with Gasteiger partial charge in [-0.3, -0.25) is 25.6 Å². The second-order valence-electron chi connectivity index (χ2n) is 8.32. The number of benzene rings is 1. The number of aromatic hydroxyl groups is 1. The lowest BCUT2D eigenvalue weighted by Gasteiger charge is -2.53. The molecule has 2 aromatic rings. The number of phenolic OH excluding ortho intramolecular Hbond substituents is 1. The van der Waals surface area contributed by atoms with Crippen molar-refractivity contribution < 1.29 is 24.2 Å². The number of rotatable bonds is 2. The summed E-state index contributed by atoms with van der Waals surface area (Å²) in [6, 6.07) is 0.152. The maximum absolute atomic E-state index is 13.1. The summed E-state index contributed by atoms with van der Waals surface area (Å²) in [7, 11) is 0. The highest BCUT2D eigenvalue weighted by Crippen LogP contribution is 2.48. The van der Waals surface area contributed by atoms with Crippen molar-refractivity contribution >= 4 is 40.6 Å². The number of anilines is 1. The predicted molar refractivity (Wildman–Crippen MR) is 115 cm³/mol. The average Bonchev–Trinajstić information content (AvgIpc) is 3.28. The highest BCUT2D eigenvalue weighted by Gasteiger charge is 2.61. The second kappa shape index (κ2) is 7.10. The summed E-state index contributed by atoms with van der Waals surface area (Å²) in [5.41, 5.74) is 0.676. The van der Waals surface area contributed by atoms with E-state index in [2.05, 4.69) is 15.6 Å². The third-order valence-corrected chi connectivity index (χ3v) is 7.25. The van der Waals surface area contributed by atoms with Crippen LogP contribution in [0.25, 0.3) is 0 Å². The zero-order valence-corrected chi connectivity index (χ0v) is 18.2. The molecule has 4 heterocycles. The molecule has 1 spiro atoms. The summed E-state index contributed by atoms with van der Waals surface area (Å²) in [5, 5.41) is 26.2. The first-order chi connectivity index (χ1) is 15.2. The predicted octanol–water partition coefficient (Wildman–Crippen LogP) is 1.08. The lowest BCUT2D eigenvalue weighted by atomic mass is 9.68. The topological polar surface area (TPSA) is 145 Å². The van der Waals surface area contributed by atoms with Crippen LogP contribution in [0.15, 0.2) is 17.6 Å². The lowest BCUT2D eigenvalue weighted by Crippen LogP contribution is -2.73. The number of nitrogens with one attached hydrogen (secondary N) is 3. The number of amides is 4. The quantitative estimate of drug-likeness (QED) is 0.392. The molecule has 11 heteroatoms. The van der Waals surface area contributed by atoms with Gasteiger partial charge in [0.25, 0.3) is 0 Å². The van der Waals surface area contributed by atoms with Gasteiger partial charge in [0.15, 0.2) is 5.41 Å². The molecule has 1 aromatic carbocycles. The molecule has 10 nitrogen and oxygen atoms in total. The fourth-order valence-electron chi connectivity index (χ4n) is 4.96. The Labute approximate surface area is 187 Å². The number of carbonyl (C=O) groups is 3. The van der Waals surface area contributed by atoms with E-state index in [1.54, 1.807) is 24.6 Å². The van der Waals surface area contributed by atoms with Gasteiger partial charge in [0, 0.05) is 34.9 Å². The van der Waals surface area contributed by atoms with E-state index in [9.17, 15) is 19.5 Å². The first-order valence-corrected chi connectivity index (χ1v) is 11.0. The van der Waals surface area contributed by atoms with Gasteiger partial charge in [-0.15, -0.1) is 11.3 Å². The van der Waals surface area contributed by atoms with E-state index in [0.29, 0.717) is 22.7 Å². The van der Waals surface area contributed by atoms with Crippen LogP contribution in [0.5, 0.6) is 5.75 Å². The molecule has 5 rings (SSSR count). The van der Waals surface area contributed by atoms with Crippen LogP contribution in [0.4, 0.5) is 10.5 Å². The number of urea groups is 1. The highest BCUT2D eigenvalue weighted by atomic mass is 32.1. The Kier molecular flexibility index (Phi) is 4.57. The van der Waals surface area contributed by atoms with Gasteiger partial charge in [-0.1, -0.05) is 0 Å². The van der Waals surface area contributed by atoms with Crippen molar-refractivity contribution in [3.8, 4) is 5.75 Å². The Morgan fingerprint density at radius 1 is 1.34 bits per heavy atom. The monoisotopic (exact) mass is 455 g/mol. The summed E-state index contributed by atoms with van der Waals surface area (Å²) in [4.78, 5) is 44.1. The van der Waals surface area contributed by atoms with Crippen molar-refractivity contribution in [1.82, 2.24) is 15.6 Å². The van der Waals surface area contributed by atoms with E-state index in [4.69, 9.17) is 10.1 Å². The van der Waals surface area contributed by atoms with Crippen LogP contribution in [0.2, 0.25) is 0 Å². The number of nitrogens with zero attached hydrogens (tertiary/aromatic N) is 2. The van der Waals surface area contributed by atoms with Crippen molar-refractivity contribution in [1.29, 1.82) is 5.41 Å². The molecule has 2 saturated heterocycles. The second-order valence-corrected chi connectivity index (χ2v) is 9.21. The molecule has 3 aliphatic rings. The molecule has 4 amide bonds. The minimum atomic E-state index is -1.58. The van der Waals surface area contributed by atoms with Crippen LogP contribution >= 0.6 is 11.3 Å². The first kappa shape index (κ1) is 20.6. The lowest BCUT2D eigenvalue weighted by molar-refractivity contribution is -0.149. The van der Waals surface area contributed by atoms with Crippen molar-refractivity contribution in [2.75, 3.05) is 18.1 Å². The number of morpholine rings is 1. The van der Waals surface area contributed by atoms with E-state index in [0.717, 1.165) is 5.69 Å². The fraction of sp³-hybridized carbons (Fsp3) is 0.381. The van der Waals surface area contributed by atoms with Crippen LogP contribution in [-0.4, -0.2) is 58.9 Å². The van der Waals surface area contributed by atoms with Crippen LogP contribution < -0.4 is 15.5 Å². The summed E-state index contributed by atoms with van der Waals surface area (Å²) in [5.74, 6) is -1.38. The van der Waals surface area contributed by atoms with Crippen molar-refractivity contribution in [2.24, 2.45) is 5.41 Å². The SMILES string of the molecule is Cc1c(O)c(C(=N)c2nccs2)cc2c1N1C[C@@H](C)OC[C@@H]1C1(C2)C(=O)NC(=O)NC1=O. The number of thiazole rings is 1. The van der Waals surface area contributed by atoms with Crippen LogP contribution in [0.3, 0.4) is 0 Å². The number of imide groups is 2. The molecule has 3 aliphatic heterocycles. The van der Waals surface area contributed by atoms with Gasteiger partial charge in [0.05, 0.1) is 18.8 Å². The normalized spacial score (nSPS) is 23.9. The van der Waals surface area contributed by atoms with Gasteiger partial charge < -0.3 is 14.7 Å². The Morgan fingerprint density at radius 3 is 2.72 bits per heavy atom. The van der Waals surface area contributed by atoms with Crippen LogP contribution in [-0.2, 0) is 20.7 Å². The maximum atomic E-state index is 13.1. The molecule has 1 aromatic heterocycles. The third kappa shape index (κ3) is 2.77. The Hall–Kier alpha value is -3.31. The number of fused-ring (bicyclic) bond motifs is 4. The van der Waals surface area contributed by atoms with Gasteiger partial charge in [0.1, 0.15) is 16.5 Å². The zero-order valence-electron chi connectivity index (χ0n) is 17.4. The van der Waals surface area contributed by atoms with Gasteiger partial charge in [-0.2, -0.15) is 0 Å². The number of hydrogen-bond donors (Lipinski definition) is 4. The number of aromatic nitrogens is 1. The van der Waals surface area contributed by atoms with Gasteiger partial charge >= 0.3 is 6.03 Å². The minimum absolute atomic E-state index is 0.00541. The molecular weight excluding hydrogens is 434 g/mol. The average molecular weight is 455 g/mol. The van der Waals surface area contributed by atoms with E-state index < -0.39 is 29.3 Å². The van der Waals surface area contributed by atoms with Crippen LogP contribution in [0, 0.1) is 17.7 Å². The molecule has 0 unspecified atom stereocenters. The molecule has 2 atom stereocenters. The molecule has 0 radical (unpaired) electrons. The smallest absolute Gasteiger partial charge is 0.328 e. The summed E-state index contributed by atoms with van der Waals surface area (Å²) >= 11 is 1.28. The van der Waals surface area contributed by atoms with E-state index in [-0.39, 0.29) is 36.2 Å². The largest absolute Gasteiger partial charge is 0.507 e. The van der Waals surface area contributed by atoms with Crippen molar-refractivity contribution in [3.63, 3.8) is 0 Å². The molecule has 0 aliphatic carbocycles.